The summed E-state index contributed by atoms with van der Waals surface area (Å²) >= 11 is 0. The number of carbonyl (C=O) groups excluding carboxylic acids is 1. The van der Waals surface area contributed by atoms with Crippen molar-refractivity contribution in [3.05, 3.63) is 0 Å². The van der Waals surface area contributed by atoms with Crippen LogP contribution in [0.2, 0.25) is 0 Å². The first-order valence-electron chi connectivity index (χ1n) is 8.04. The van der Waals surface area contributed by atoms with Gasteiger partial charge in [-0.05, 0) is 0 Å². The highest BCUT2D eigenvalue weighted by molar-refractivity contribution is 5.77. The normalized spacial score (nSPS) is 13.0. The second-order valence-corrected chi connectivity index (χ2v) is 8.23. The molecule has 0 radical (unpaired) electrons. The Balaban J connectivity index is 4.05. The molecule has 0 unspecified atom stereocenters. The lowest BCUT2D eigenvalue weighted by atomic mass is 9.92. The summed E-state index contributed by atoms with van der Waals surface area (Å²) < 4.78 is 5.90. The largest absolute Gasteiger partial charge is 0.380 e. The average molecular weight is 300 g/mol. The molecule has 4 nitrogen and oxygen atoms in total. The van der Waals surface area contributed by atoms with Crippen LogP contribution >= 0.6 is 0 Å². The van der Waals surface area contributed by atoms with Gasteiger partial charge < -0.3 is 15.4 Å². The predicted octanol–water partition coefficient (Wildman–Crippen LogP) is 2.83. The Hall–Kier alpha value is -0.610. The van der Waals surface area contributed by atoms with E-state index in [0.29, 0.717) is 25.8 Å². The van der Waals surface area contributed by atoms with Gasteiger partial charge >= 0.3 is 0 Å². The van der Waals surface area contributed by atoms with Crippen LogP contribution in [0.5, 0.6) is 0 Å². The van der Waals surface area contributed by atoms with Gasteiger partial charge in [-0.25, -0.2) is 0 Å². The molecule has 0 heterocycles. The van der Waals surface area contributed by atoms with Gasteiger partial charge in [0.2, 0.25) is 5.91 Å². The number of rotatable bonds is 10. The molecule has 0 spiro atoms. The van der Waals surface area contributed by atoms with Crippen LogP contribution in [0.1, 0.15) is 55.4 Å². The van der Waals surface area contributed by atoms with Gasteiger partial charge in [-0.2, -0.15) is 0 Å². The maximum Gasteiger partial charge on any atom is 0.222 e. The molecule has 0 aromatic heterocycles. The van der Waals surface area contributed by atoms with Crippen LogP contribution in [-0.2, 0) is 9.53 Å². The number of hydrogen-bond acceptors (Lipinski definition) is 3. The molecule has 21 heavy (non-hydrogen) atoms. The predicted molar refractivity (Wildman–Crippen MR) is 89.4 cm³/mol. The fourth-order valence-corrected chi connectivity index (χ4v) is 1.72. The third-order valence-corrected chi connectivity index (χ3v) is 3.24. The summed E-state index contributed by atoms with van der Waals surface area (Å²) in [5.74, 6) is 0.132. The first-order chi connectivity index (χ1) is 9.45. The van der Waals surface area contributed by atoms with Gasteiger partial charge in [-0.3, -0.25) is 4.79 Å². The second-order valence-electron chi connectivity index (χ2n) is 8.23. The minimum Gasteiger partial charge on any atom is -0.380 e. The first-order valence-corrected chi connectivity index (χ1v) is 8.04. The van der Waals surface area contributed by atoms with E-state index >= 15 is 0 Å². The van der Waals surface area contributed by atoms with Crippen LogP contribution in [0, 0.1) is 16.7 Å². The Bertz CT molecular complexity index is 310. The van der Waals surface area contributed by atoms with Gasteiger partial charge in [-0.15, -0.1) is 0 Å². The number of ether oxygens (including phenoxy) is 1. The van der Waals surface area contributed by atoms with Crippen LogP contribution < -0.4 is 10.6 Å². The smallest absolute Gasteiger partial charge is 0.222 e. The molecule has 0 aromatic rings. The minimum absolute atomic E-state index is 0.0303. The fourth-order valence-electron chi connectivity index (χ4n) is 1.72. The van der Waals surface area contributed by atoms with E-state index < -0.39 is 0 Å². The second kappa shape index (κ2) is 8.74. The van der Waals surface area contributed by atoms with Crippen LogP contribution in [0.4, 0.5) is 0 Å². The third kappa shape index (κ3) is 10.7. The number of nitrogens with one attached hydrogen (secondary N) is 2. The molecule has 126 valence electrons. The maximum atomic E-state index is 11.6. The lowest BCUT2D eigenvalue weighted by Gasteiger charge is -2.30. The monoisotopic (exact) mass is 300 g/mol. The summed E-state index contributed by atoms with van der Waals surface area (Å²) in [7, 11) is 0. The molecule has 0 atom stereocenters. The lowest BCUT2D eigenvalue weighted by molar-refractivity contribution is -0.124. The average Bonchev–Trinajstić information content (AvgIpc) is 2.33. The van der Waals surface area contributed by atoms with E-state index in [1.165, 1.54) is 0 Å². The summed E-state index contributed by atoms with van der Waals surface area (Å²) in [6, 6.07) is 0.493. The highest BCUT2D eigenvalue weighted by atomic mass is 16.5. The third-order valence-electron chi connectivity index (χ3n) is 3.24. The molecule has 1 amide bonds. The molecular formula is C17H36N2O2. The molecule has 0 saturated carbocycles. The number of carbonyl (C=O) groups is 1. The van der Waals surface area contributed by atoms with Crippen molar-refractivity contribution in [2.45, 2.75) is 61.4 Å². The first kappa shape index (κ1) is 20.4. The van der Waals surface area contributed by atoms with Gasteiger partial charge in [-0.1, -0.05) is 55.4 Å². The van der Waals surface area contributed by atoms with E-state index in [1.54, 1.807) is 0 Å². The Morgan fingerprint density at radius 2 is 1.43 bits per heavy atom. The van der Waals surface area contributed by atoms with Crippen molar-refractivity contribution in [1.29, 1.82) is 0 Å². The molecule has 0 bridgehead atoms. The van der Waals surface area contributed by atoms with Crippen molar-refractivity contribution in [3.63, 3.8) is 0 Å². The van der Waals surface area contributed by atoms with E-state index in [-0.39, 0.29) is 22.7 Å². The lowest BCUT2D eigenvalue weighted by Crippen LogP contribution is -2.40. The summed E-state index contributed by atoms with van der Waals surface area (Å²) in [5, 5.41) is 6.43. The molecule has 2 N–H and O–H groups in total. The minimum atomic E-state index is -0.0495. The van der Waals surface area contributed by atoms with Gasteiger partial charge in [0, 0.05) is 35.9 Å². The zero-order chi connectivity index (χ0) is 16.7. The van der Waals surface area contributed by atoms with Crippen molar-refractivity contribution in [1.82, 2.24) is 10.6 Å². The van der Waals surface area contributed by atoms with E-state index in [1.807, 2.05) is 13.8 Å². The van der Waals surface area contributed by atoms with Gasteiger partial charge in [0.15, 0.2) is 0 Å². The standard InChI is InChI=1S/C17H36N2O2/c1-13(2)15(20)19-10-17(7,8)12-21-11-16(5,6)9-18-14(3)4/h13-14,18H,9-12H2,1-8H3,(H,19,20). The topological polar surface area (TPSA) is 50.4 Å². The number of hydrogen-bond donors (Lipinski definition) is 2. The van der Waals surface area contributed by atoms with E-state index in [9.17, 15) is 4.79 Å². The number of amides is 1. The molecule has 0 aliphatic carbocycles. The zero-order valence-corrected chi connectivity index (χ0v) is 15.3. The Morgan fingerprint density at radius 1 is 0.952 bits per heavy atom. The Morgan fingerprint density at radius 3 is 1.86 bits per heavy atom. The maximum absolute atomic E-state index is 11.6. The Kier molecular flexibility index (Phi) is 8.49. The molecule has 0 aromatic carbocycles. The van der Waals surface area contributed by atoms with Gasteiger partial charge in [0.25, 0.3) is 0 Å². The van der Waals surface area contributed by atoms with Gasteiger partial charge in [0.1, 0.15) is 0 Å². The summed E-state index contributed by atoms with van der Waals surface area (Å²) in [6.45, 7) is 19.7. The molecule has 0 saturated heterocycles. The molecule has 0 fully saturated rings. The molecule has 0 aliphatic heterocycles. The zero-order valence-electron chi connectivity index (χ0n) is 15.3. The Labute approximate surface area is 131 Å². The SMILES string of the molecule is CC(C)NCC(C)(C)COCC(C)(C)CNC(=O)C(C)C. The van der Waals surface area contributed by atoms with E-state index in [0.717, 1.165) is 6.54 Å². The molecule has 0 rings (SSSR count). The van der Waals surface area contributed by atoms with Crippen molar-refractivity contribution in [3.8, 4) is 0 Å². The van der Waals surface area contributed by atoms with Crippen LogP contribution in [0.3, 0.4) is 0 Å². The van der Waals surface area contributed by atoms with Crippen LogP contribution in [0.25, 0.3) is 0 Å². The summed E-state index contributed by atoms with van der Waals surface area (Å²) in [4.78, 5) is 11.6. The molecular weight excluding hydrogens is 264 g/mol. The summed E-state index contributed by atoms with van der Waals surface area (Å²) in [5.41, 5.74) is 0.0631. The van der Waals surface area contributed by atoms with Crippen molar-refractivity contribution < 1.29 is 9.53 Å². The van der Waals surface area contributed by atoms with E-state index in [4.69, 9.17) is 4.74 Å². The highest BCUT2D eigenvalue weighted by Crippen LogP contribution is 2.19. The quantitative estimate of drug-likeness (QED) is 0.652. The van der Waals surface area contributed by atoms with Crippen molar-refractivity contribution in [2.75, 3.05) is 26.3 Å². The summed E-state index contributed by atoms with van der Waals surface area (Å²) in [6.07, 6.45) is 0. The van der Waals surface area contributed by atoms with Gasteiger partial charge in [0.05, 0.1) is 13.2 Å². The van der Waals surface area contributed by atoms with Crippen molar-refractivity contribution >= 4 is 5.91 Å². The van der Waals surface area contributed by atoms with Crippen LogP contribution in [0.15, 0.2) is 0 Å². The fraction of sp³-hybridized carbons (Fsp3) is 0.941. The van der Waals surface area contributed by atoms with Crippen molar-refractivity contribution in [2.24, 2.45) is 16.7 Å². The highest BCUT2D eigenvalue weighted by Gasteiger charge is 2.23. The van der Waals surface area contributed by atoms with Crippen LogP contribution in [-0.4, -0.2) is 38.3 Å². The molecule has 0 aliphatic rings. The van der Waals surface area contributed by atoms with E-state index in [2.05, 4.69) is 52.2 Å². The molecule has 4 heteroatoms.